The molecule has 0 spiro atoms. The van der Waals surface area contributed by atoms with Crippen LogP contribution in [0.2, 0.25) is 0 Å². The molecule has 8 aromatic carbocycles. The fourth-order valence-electron chi connectivity index (χ4n) is 11.9. The Balaban J connectivity index is 0.000000191. The number of hydrogen-bond acceptors (Lipinski definition) is 19. The SMILES string of the molecule is CCCCc1nc(-c2ccc(C(F)(F)F)cc2)sc1CS(=O)c1ccc(-c2noc(=O)[nH]2)cc1.CCCCc1nc(-c2ccc(C(F)(F)F)cc2)sc1CS(=O)c1ccc(C#N)cc1.CCCCc1nc(-c2ccc(C(F)(F)F)cc2)sc1CS(=O)c1ccc(C(N)=NO)cc1.CCCCc1nc(-c2ccc(C(F)(F)F)cc2)sc1CSc1ccc(C#N)cc1.ClCCl. The second-order valence-electron chi connectivity index (χ2n) is 27.9. The lowest BCUT2D eigenvalue weighted by Gasteiger charge is -2.06. The largest absolute Gasteiger partial charge is 0.439 e. The number of nitrogens with two attached hydrogens (primary N) is 1. The number of nitrogens with one attached hydrogen (secondary N) is 1. The summed E-state index contributed by atoms with van der Waals surface area (Å²) in [5, 5.41) is 35.9. The average molecular weight is 1960 g/mol. The van der Waals surface area contributed by atoms with Crippen molar-refractivity contribution < 1.29 is 75.0 Å². The van der Waals surface area contributed by atoms with Gasteiger partial charge in [-0.2, -0.15) is 63.2 Å². The number of aromatic nitrogens is 6. The average Bonchev–Trinajstić information content (AvgIpc) is 1.66. The zero-order valence-electron chi connectivity index (χ0n) is 68.7. The summed E-state index contributed by atoms with van der Waals surface area (Å²) in [7, 11) is -4.02. The van der Waals surface area contributed by atoms with Gasteiger partial charge in [-0.05, 0) is 197 Å². The van der Waals surface area contributed by atoms with E-state index in [9.17, 15) is 70.1 Å². The first-order valence-electron chi connectivity index (χ1n) is 39.4. The highest BCUT2D eigenvalue weighted by molar-refractivity contribution is 7.98. The lowest BCUT2D eigenvalue weighted by Crippen LogP contribution is -2.12. The molecular weight excluding hydrogens is 1870 g/mol. The molecule has 0 bridgehead atoms. The van der Waals surface area contributed by atoms with Gasteiger partial charge in [0.1, 0.15) is 20.0 Å². The molecule has 3 unspecified atom stereocenters. The third kappa shape index (κ3) is 30.0. The molecule has 128 heavy (non-hydrogen) atoms. The number of H-pyrrole nitrogens is 1. The Morgan fingerprint density at radius 1 is 0.445 bits per heavy atom. The molecule has 0 fully saturated rings. The number of thioether (sulfide) groups is 1. The molecule has 16 nitrogen and oxygen atoms in total. The smallest absolute Gasteiger partial charge is 0.409 e. The Kier molecular flexibility index (Phi) is 38.6. The highest BCUT2D eigenvalue weighted by Crippen LogP contribution is 2.41. The Morgan fingerprint density at radius 3 is 0.992 bits per heavy atom. The maximum absolute atomic E-state index is 13.1. The summed E-state index contributed by atoms with van der Waals surface area (Å²) in [6, 6.07) is 51.5. The van der Waals surface area contributed by atoms with Crippen molar-refractivity contribution in [3.8, 4) is 65.8 Å². The topological polar surface area (TPSA) is 268 Å². The van der Waals surface area contributed by atoms with Crippen molar-refractivity contribution in [3.05, 3.63) is 286 Å². The molecule has 13 rings (SSSR count). The van der Waals surface area contributed by atoms with Gasteiger partial charge in [-0.25, -0.2) is 24.7 Å². The Bertz CT molecular complexity index is 5990. The summed E-state index contributed by atoms with van der Waals surface area (Å²) in [5.41, 5.74) is 11.1. The molecule has 0 radical (unpaired) electrons. The van der Waals surface area contributed by atoms with Gasteiger partial charge in [-0.1, -0.05) is 112 Å². The standard InChI is InChI=1S/C23H20F3N3O3S2.C22H22F3N3O2S2.C22H19F3N2OS2.C22H19F3N2S2.CH2Cl2/c1-2-3-4-18-19(33-21(27-18)15-5-9-16(10-6-15)23(24,25)26)13-34(31)17-11-7-14(8-12-17)20-28-22(30)32-29-20;1-2-3-4-18-19(13-32(30)17-11-7-14(8-12-17)20(26)28-29)31-21(27-18)15-5-9-16(10-6-15)22(23,24)25;1-2-3-4-19-20(14-30(28)18-11-5-15(13-26)6-12-18)29-21(27-19)16-7-9-17(10-8-16)22(23,24)25;1-2-3-4-19-20(14-28-18-11-5-15(13-26)6-12-18)29-21(27-19)16-7-9-17(10-8-16)22(23,24)25;2-1-3/h5-12H,2-4,13H2,1H3,(H,28,29,30);5-12,29H,2-4,13H2,1H3,(H2,26,28);5-12H,2-4,14H2,1H3;5-12H,2-4,14H2,1H3;1H2. The molecule has 38 heteroatoms. The molecule has 0 saturated carbocycles. The molecule has 0 saturated heterocycles. The number of halogens is 14. The number of unbranched alkanes of at least 4 members (excludes halogenated alkanes) is 4. The van der Waals surface area contributed by atoms with Gasteiger partial charge in [-0.15, -0.1) is 80.3 Å². The molecular formula is C90H82Cl2F12N10O6S8. The van der Waals surface area contributed by atoms with Gasteiger partial charge in [-0.3, -0.25) is 22.1 Å². The number of rotatable bonds is 30. The second-order valence-corrected chi connectivity index (χ2v) is 38.4. The number of aryl methyl sites for hydroxylation is 4. The van der Waals surface area contributed by atoms with E-state index >= 15 is 0 Å². The van der Waals surface area contributed by atoms with Gasteiger partial charge < -0.3 is 10.9 Å². The maximum atomic E-state index is 13.1. The molecule has 0 aliphatic carbocycles. The van der Waals surface area contributed by atoms with Crippen LogP contribution in [-0.4, -0.2) is 59.1 Å². The van der Waals surface area contributed by atoms with Crippen LogP contribution in [0.15, 0.2) is 228 Å². The maximum Gasteiger partial charge on any atom is 0.439 e. The van der Waals surface area contributed by atoms with Crippen LogP contribution in [0, 0.1) is 22.7 Å². The molecule has 674 valence electrons. The van der Waals surface area contributed by atoms with Crippen LogP contribution in [0.1, 0.15) is 160 Å². The summed E-state index contributed by atoms with van der Waals surface area (Å²) in [6.07, 6.45) is -6.79. The van der Waals surface area contributed by atoms with E-state index in [1.165, 1.54) is 93.9 Å². The van der Waals surface area contributed by atoms with Gasteiger partial charge in [0.25, 0.3) is 0 Å². The number of nitrogens with zero attached hydrogens (tertiary/aromatic N) is 8. The normalized spacial score (nSPS) is 12.4. The Morgan fingerprint density at radius 2 is 0.719 bits per heavy atom. The molecule has 5 heterocycles. The highest BCUT2D eigenvalue weighted by atomic mass is 35.5. The number of nitriles is 2. The zero-order valence-corrected chi connectivity index (χ0v) is 76.7. The van der Waals surface area contributed by atoms with E-state index in [4.69, 9.17) is 49.7 Å². The van der Waals surface area contributed by atoms with E-state index in [0.29, 0.717) is 87.1 Å². The van der Waals surface area contributed by atoms with Gasteiger partial charge in [0.05, 0.1) is 123 Å². The first-order chi connectivity index (χ1) is 61.1. The van der Waals surface area contributed by atoms with Crippen molar-refractivity contribution >= 4 is 119 Å². The minimum atomic E-state index is -4.39. The van der Waals surface area contributed by atoms with Crippen molar-refractivity contribution in [2.45, 2.75) is 172 Å². The number of hydrogen-bond donors (Lipinski definition) is 3. The predicted molar refractivity (Wildman–Crippen MR) is 485 cm³/mol. The monoisotopic (exact) mass is 1950 g/mol. The fraction of sp³-hybridized carbons (Fsp3) is 0.278. The van der Waals surface area contributed by atoms with E-state index in [1.807, 2.05) is 18.2 Å². The van der Waals surface area contributed by atoms with Gasteiger partial charge >= 0.3 is 30.5 Å². The molecule has 4 N–H and O–H groups in total. The number of aromatic amines is 1. The molecule has 0 aliphatic rings. The minimum absolute atomic E-state index is 0.0344. The number of benzene rings is 8. The second kappa shape index (κ2) is 48.6. The first kappa shape index (κ1) is 102. The summed E-state index contributed by atoms with van der Waals surface area (Å²) in [5.74, 6) is 1.11. The number of thiazole rings is 4. The minimum Gasteiger partial charge on any atom is -0.409 e. The van der Waals surface area contributed by atoms with Crippen molar-refractivity contribution in [2.24, 2.45) is 10.9 Å². The molecule has 13 aromatic rings. The Hall–Kier alpha value is -9.99. The van der Waals surface area contributed by atoms with Crippen LogP contribution in [0.3, 0.4) is 0 Å². The Labute approximate surface area is 768 Å². The van der Waals surface area contributed by atoms with Crippen LogP contribution < -0.4 is 11.5 Å². The quantitative estimate of drug-likeness (QED) is 0.00718. The summed E-state index contributed by atoms with van der Waals surface area (Å²) in [6.45, 7) is 8.31. The number of alkyl halides is 14. The van der Waals surface area contributed by atoms with Crippen LogP contribution in [-0.2, 0) is 106 Å². The van der Waals surface area contributed by atoms with Gasteiger partial charge in [0.2, 0.25) is 0 Å². The van der Waals surface area contributed by atoms with Crippen molar-refractivity contribution in [2.75, 3.05) is 5.34 Å². The van der Waals surface area contributed by atoms with Crippen LogP contribution in [0.5, 0.6) is 0 Å². The lowest BCUT2D eigenvalue weighted by atomic mass is 10.1. The highest BCUT2D eigenvalue weighted by Gasteiger charge is 2.34. The van der Waals surface area contributed by atoms with Crippen LogP contribution in [0.4, 0.5) is 52.7 Å². The fourth-order valence-corrected chi connectivity index (χ4v) is 21.4. The van der Waals surface area contributed by atoms with Crippen molar-refractivity contribution in [3.63, 3.8) is 0 Å². The van der Waals surface area contributed by atoms with E-state index in [-0.39, 0.29) is 34.3 Å². The van der Waals surface area contributed by atoms with E-state index < -0.39 is 85.1 Å². The zero-order chi connectivity index (χ0) is 92.9. The van der Waals surface area contributed by atoms with Crippen LogP contribution >= 0.6 is 80.3 Å². The third-order valence-corrected chi connectivity index (χ3v) is 29.2. The molecule has 5 aromatic heterocycles. The van der Waals surface area contributed by atoms with Crippen molar-refractivity contribution in [1.29, 1.82) is 10.5 Å². The van der Waals surface area contributed by atoms with Crippen molar-refractivity contribution in [1.82, 2.24) is 30.1 Å². The third-order valence-electron chi connectivity index (χ3n) is 18.8. The summed E-state index contributed by atoms with van der Waals surface area (Å²) >= 11 is 16.8. The van der Waals surface area contributed by atoms with Crippen LogP contribution in [0.25, 0.3) is 53.7 Å². The molecule has 3 atom stereocenters. The van der Waals surface area contributed by atoms with E-state index in [2.05, 4.69) is 68.5 Å². The predicted octanol–water partition coefficient (Wildman–Crippen LogP) is 26.5. The van der Waals surface area contributed by atoms with E-state index in [1.54, 1.807) is 96.7 Å². The first-order valence-corrected chi connectivity index (χ1v) is 48.7. The number of amidine groups is 1. The summed E-state index contributed by atoms with van der Waals surface area (Å²) < 4.78 is 197. The van der Waals surface area contributed by atoms with Gasteiger partial charge in [0.15, 0.2) is 11.7 Å². The summed E-state index contributed by atoms with van der Waals surface area (Å²) in [4.78, 5) is 38.9. The van der Waals surface area contributed by atoms with Gasteiger partial charge in [0, 0.05) is 78.2 Å². The molecule has 0 amide bonds. The lowest BCUT2D eigenvalue weighted by molar-refractivity contribution is -0.138. The molecule has 0 aliphatic heterocycles. The van der Waals surface area contributed by atoms with E-state index in [0.717, 1.165) is 171 Å². The number of oxime groups is 1.